The van der Waals surface area contributed by atoms with Crippen LogP contribution in [0.1, 0.15) is 12.2 Å². The Kier molecular flexibility index (Phi) is 2.94. The van der Waals surface area contributed by atoms with Gasteiger partial charge in [-0.1, -0.05) is 0 Å². The fourth-order valence-corrected chi connectivity index (χ4v) is 1.65. The Morgan fingerprint density at radius 3 is 2.88 bits per heavy atom. The lowest BCUT2D eigenvalue weighted by Crippen LogP contribution is -2.28. The summed E-state index contributed by atoms with van der Waals surface area (Å²) >= 11 is 0. The summed E-state index contributed by atoms with van der Waals surface area (Å²) in [7, 11) is 0. The molecule has 5 heteroatoms. The highest BCUT2D eigenvalue weighted by Gasteiger charge is 2.48. The second-order valence-corrected chi connectivity index (χ2v) is 3.91. The summed E-state index contributed by atoms with van der Waals surface area (Å²) in [6.07, 6.45) is 2.67. The summed E-state index contributed by atoms with van der Waals surface area (Å²) in [6.45, 7) is 0.481. The second-order valence-electron chi connectivity index (χ2n) is 3.91. The lowest BCUT2D eigenvalue weighted by molar-refractivity contribution is -0.140. The largest absolute Gasteiger partial charge is 0.481 e. The van der Waals surface area contributed by atoms with Gasteiger partial charge in [0.15, 0.2) is 0 Å². The zero-order valence-electron chi connectivity index (χ0n) is 8.68. The van der Waals surface area contributed by atoms with E-state index in [1.165, 1.54) is 0 Å². The Morgan fingerprint density at radius 2 is 2.31 bits per heavy atom. The van der Waals surface area contributed by atoms with Crippen molar-refractivity contribution in [1.29, 1.82) is 0 Å². The van der Waals surface area contributed by atoms with Gasteiger partial charge in [-0.3, -0.25) is 9.59 Å². The SMILES string of the molecule is O=C(O)C1CC1C(=O)NCCc1ccco1. The van der Waals surface area contributed by atoms with Gasteiger partial charge >= 0.3 is 5.97 Å². The highest BCUT2D eigenvalue weighted by molar-refractivity contribution is 5.89. The van der Waals surface area contributed by atoms with Crippen molar-refractivity contribution in [3.8, 4) is 0 Å². The van der Waals surface area contributed by atoms with Crippen LogP contribution in [0.5, 0.6) is 0 Å². The number of hydrogen-bond acceptors (Lipinski definition) is 3. The molecule has 1 aliphatic rings. The maximum atomic E-state index is 11.4. The van der Waals surface area contributed by atoms with Crippen molar-refractivity contribution in [1.82, 2.24) is 5.32 Å². The van der Waals surface area contributed by atoms with E-state index in [9.17, 15) is 9.59 Å². The van der Waals surface area contributed by atoms with E-state index in [1.54, 1.807) is 12.3 Å². The third-order valence-electron chi connectivity index (χ3n) is 2.70. The van der Waals surface area contributed by atoms with Gasteiger partial charge in [-0.15, -0.1) is 0 Å². The van der Waals surface area contributed by atoms with E-state index in [1.807, 2.05) is 6.07 Å². The minimum atomic E-state index is -0.883. The monoisotopic (exact) mass is 223 g/mol. The minimum absolute atomic E-state index is 0.168. The van der Waals surface area contributed by atoms with E-state index in [0.29, 0.717) is 19.4 Å². The molecule has 2 rings (SSSR count). The molecule has 2 N–H and O–H groups in total. The molecule has 0 radical (unpaired) electrons. The molecule has 16 heavy (non-hydrogen) atoms. The number of amides is 1. The van der Waals surface area contributed by atoms with Crippen molar-refractivity contribution in [3.05, 3.63) is 24.2 Å². The molecule has 1 aromatic rings. The van der Waals surface area contributed by atoms with Crippen LogP contribution >= 0.6 is 0 Å². The Morgan fingerprint density at radius 1 is 1.50 bits per heavy atom. The Hall–Kier alpha value is -1.78. The molecule has 0 spiro atoms. The summed E-state index contributed by atoms with van der Waals surface area (Å²) < 4.78 is 5.11. The quantitative estimate of drug-likeness (QED) is 0.768. The average molecular weight is 223 g/mol. The van der Waals surface area contributed by atoms with Crippen molar-refractivity contribution < 1.29 is 19.1 Å². The summed E-state index contributed by atoms with van der Waals surface area (Å²) in [6, 6.07) is 3.63. The van der Waals surface area contributed by atoms with Crippen LogP contribution in [0.2, 0.25) is 0 Å². The first-order valence-electron chi connectivity index (χ1n) is 5.21. The van der Waals surface area contributed by atoms with Crippen LogP contribution in [-0.4, -0.2) is 23.5 Å². The Bertz CT molecular complexity index is 385. The zero-order valence-corrected chi connectivity index (χ0v) is 8.68. The number of carbonyl (C=O) groups excluding carboxylic acids is 1. The number of aliphatic carboxylic acids is 1. The number of carboxylic acids is 1. The average Bonchev–Trinajstić information content (AvgIpc) is 2.90. The molecule has 5 nitrogen and oxygen atoms in total. The van der Waals surface area contributed by atoms with E-state index in [4.69, 9.17) is 9.52 Å². The molecule has 1 aromatic heterocycles. The lowest BCUT2D eigenvalue weighted by Gasteiger charge is -2.02. The molecule has 1 amide bonds. The first-order chi connectivity index (χ1) is 7.68. The number of nitrogens with one attached hydrogen (secondary N) is 1. The molecule has 1 heterocycles. The van der Waals surface area contributed by atoms with Gasteiger partial charge in [-0.25, -0.2) is 0 Å². The van der Waals surface area contributed by atoms with Gasteiger partial charge < -0.3 is 14.8 Å². The van der Waals surface area contributed by atoms with Gasteiger partial charge in [-0.05, 0) is 18.6 Å². The molecule has 0 aliphatic heterocycles. The van der Waals surface area contributed by atoms with Gasteiger partial charge in [0.25, 0.3) is 0 Å². The standard InChI is InChI=1S/C11H13NO4/c13-10(8-6-9(8)11(14)15)12-4-3-7-2-1-5-16-7/h1-2,5,8-9H,3-4,6H2,(H,12,13)(H,14,15). The molecule has 0 saturated heterocycles. The molecule has 0 bridgehead atoms. The van der Waals surface area contributed by atoms with Crippen molar-refractivity contribution >= 4 is 11.9 Å². The van der Waals surface area contributed by atoms with Crippen molar-refractivity contribution in [2.24, 2.45) is 11.8 Å². The number of carboxylic acid groups (broad SMARTS) is 1. The fourth-order valence-electron chi connectivity index (χ4n) is 1.65. The van der Waals surface area contributed by atoms with Gasteiger partial charge in [0, 0.05) is 13.0 Å². The minimum Gasteiger partial charge on any atom is -0.481 e. The van der Waals surface area contributed by atoms with Crippen LogP contribution in [0, 0.1) is 11.8 Å². The van der Waals surface area contributed by atoms with E-state index in [0.717, 1.165) is 5.76 Å². The van der Waals surface area contributed by atoms with Crippen LogP contribution in [0.3, 0.4) is 0 Å². The van der Waals surface area contributed by atoms with E-state index >= 15 is 0 Å². The highest BCUT2D eigenvalue weighted by Crippen LogP contribution is 2.38. The summed E-state index contributed by atoms with van der Waals surface area (Å²) in [5, 5.41) is 11.4. The molecule has 2 atom stereocenters. The van der Waals surface area contributed by atoms with Gasteiger partial charge in [0.05, 0.1) is 18.1 Å². The van der Waals surface area contributed by atoms with Crippen molar-refractivity contribution in [2.45, 2.75) is 12.8 Å². The number of carbonyl (C=O) groups is 2. The molecule has 1 aliphatic carbocycles. The maximum Gasteiger partial charge on any atom is 0.307 e. The van der Waals surface area contributed by atoms with Gasteiger partial charge in [0.1, 0.15) is 5.76 Å². The third-order valence-corrected chi connectivity index (χ3v) is 2.70. The highest BCUT2D eigenvalue weighted by atomic mass is 16.4. The first-order valence-corrected chi connectivity index (χ1v) is 5.21. The van der Waals surface area contributed by atoms with Crippen molar-refractivity contribution in [3.63, 3.8) is 0 Å². The topological polar surface area (TPSA) is 79.5 Å². The number of hydrogen-bond donors (Lipinski definition) is 2. The Balaban J connectivity index is 1.68. The molecule has 0 aromatic carbocycles. The normalized spacial score (nSPS) is 22.8. The number of furan rings is 1. The first kappa shape index (κ1) is 10.7. The second kappa shape index (κ2) is 4.38. The molecule has 1 saturated carbocycles. The summed E-state index contributed by atoms with van der Waals surface area (Å²) in [4.78, 5) is 22.0. The maximum absolute atomic E-state index is 11.4. The van der Waals surface area contributed by atoms with E-state index < -0.39 is 11.9 Å². The fraction of sp³-hybridized carbons (Fsp3) is 0.455. The third kappa shape index (κ3) is 2.42. The van der Waals surface area contributed by atoms with Crippen LogP contribution < -0.4 is 5.32 Å². The lowest BCUT2D eigenvalue weighted by atomic mass is 10.3. The van der Waals surface area contributed by atoms with Gasteiger partial charge in [-0.2, -0.15) is 0 Å². The molecular weight excluding hydrogens is 210 g/mol. The Labute approximate surface area is 92.4 Å². The zero-order chi connectivity index (χ0) is 11.5. The molecule has 86 valence electrons. The number of rotatable bonds is 5. The van der Waals surface area contributed by atoms with E-state index in [2.05, 4.69) is 5.32 Å². The van der Waals surface area contributed by atoms with Gasteiger partial charge in [0.2, 0.25) is 5.91 Å². The van der Waals surface area contributed by atoms with Crippen molar-refractivity contribution in [2.75, 3.05) is 6.54 Å². The molecular formula is C11H13NO4. The van der Waals surface area contributed by atoms with Crippen LogP contribution in [0.4, 0.5) is 0 Å². The van der Waals surface area contributed by atoms with Crippen LogP contribution in [0.15, 0.2) is 22.8 Å². The summed E-state index contributed by atoms with van der Waals surface area (Å²) in [5.74, 6) is -1.06. The predicted molar refractivity (Wildman–Crippen MR) is 54.7 cm³/mol. The molecule has 2 unspecified atom stereocenters. The smallest absolute Gasteiger partial charge is 0.307 e. The van der Waals surface area contributed by atoms with Crippen LogP contribution in [-0.2, 0) is 16.0 Å². The summed E-state index contributed by atoms with van der Waals surface area (Å²) in [5.41, 5.74) is 0. The van der Waals surface area contributed by atoms with Crippen LogP contribution in [0.25, 0.3) is 0 Å². The van der Waals surface area contributed by atoms with E-state index in [-0.39, 0.29) is 11.8 Å². The molecule has 1 fully saturated rings. The predicted octanol–water partition coefficient (Wildman–Crippen LogP) is 0.659.